The van der Waals surface area contributed by atoms with Crippen LogP contribution in [0.25, 0.3) is 10.8 Å². The Labute approximate surface area is 356 Å². The molecule has 0 spiro atoms. The molecule has 318 valence electrons. The van der Waals surface area contributed by atoms with E-state index in [1.807, 2.05) is 48.5 Å². The van der Waals surface area contributed by atoms with E-state index in [-0.39, 0.29) is 21.7 Å². The molecule has 62 heavy (non-hydrogen) atoms. The predicted octanol–water partition coefficient (Wildman–Crippen LogP) is 10.1. The van der Waals surface area contributed by atoms with Gasteiger partial charge in [-0.1, -0.05) is 91.0 Å². The number of hydrogen-bond acceptors (Lipinski definition) is 6. The van der Waals surface area contributed by atoms with Gasteiger partial charge in [0, 0.05) is 16.8 Å². The van der Waals surface area contributed by atoms with Crippen molar-refractivity contribution < 1.29 is 49.8 Å². The van der Waals surface area contributed by atoms with E-state index in [2.05, 4.69) is 9.44 Å². The molecule has 0 aliphatic heterocycles. The average molecular weight is 881 g/mol. The van der Waals surface area contributed by atoms with Crippen LogP contribution in [0.1, 0.15) is 48.5 Å². The quantitative estimate of drug-likeness (QED) is 0.0838. The zero-order valence-electron chi connectivity index (χ0n) is 32.7. The lowest BCUT2D eigenvalue weighted by molar-refractivity contribution is -0.137. The molecule has 0 unspecified atom stereocenters. The lowest BCUT2D eigenvalue weighted by atomic mass is 10.0. The van der Waals surface area contributed by atoms with Gasteiger partial charge in [-0.05, 0) is 126 Å². The number of anilines is 2. The zero-order chi connectivity index (χ0) is 44.5. The summed E-state index contributed by atoms with van der Waals surface area (Å²) in [6.07, 6.45) is -1.80. The Morgan fingerprint density at radius 1 is 0.484 bits per heavy atom. The molecule has 0 amide bonds. The van der Waals surface area contributed by atoms with Gasteiger partial charge in [0.15, 0.2) is 0 Å². The van der Waals surface area contributed by atoms with Crippen LogP contribution in [0.15, 0.2) is 174 Å². The summed E-state index contributed by atoms with van der Waals surface area (Å²) in [6.45, 7) is 0. The number of fused-ring (bicyclic) bond motifs is 1. The molecule has 0 saturated heterocycles. The molecule has 10 nitrogen and oxygen atoms in total. The number of halogens is 3. The second-order valence-electron chi connectivity index (χ2n) is 14.1. The summed E-state index contributed by atoms with van der Waals surface area (Å²) in [5.74, 6) is -1.93. The first-order valence-electron chi connectivity index (χ1n) is 19.0. The van der Waals surface area contributed by atoms with E-state index < -0.39 is 48.6 Å². The number of carbonyl (C=O) groups is 2. The third-order valence-electron chi connectivity index (χ3n) is 9.73. The molecule has 0 atom stereocenters. The SMILES string of the molecule is O=C(O)c1ccc(CCc2ccc(NS(=O)(=O)c3cccc(C(F)(F)F)c3)cc2)cc1.O=C(O)c1ccc(CCc2ccc(NS(=O)(=O)c3cccc4ccccc34)cc2)cc1. The lowest BCUT2D eigenvalue weighted by Crippen LogP contribution is -2.14. The Bertz CT molecular complexity index is 2900. The number of carboxylic acid groups (broad SMARTS) is 2. The Kier molecular flexibility index (Phi) is 13.8. The maximum Gasteiger partial charge on any atom is 0.416 e. The first kappa shape index (κ1) is 44.6. The number of nitrogens with one attached hydrogen (secondary N) is 2. The monoisotopic (exact) mass is 880 g/mol. The highest BCUT2D eigenvalue weighted by molar-refractivity contribution is 7.93. The number of sulfonamides is 2. The summed E-state index contributed by atoms with van der Waals surface area (Å²) in [5.41, 5.74) is 4.16. The second kappa shape index (κ2) is 19.2. The Morgan fingerprint density at radius 2 is 0.887 bits per heavy atom. The van der Waals surface area contributed by atoms with Crippen LogP contribution in [-0.4, -0.2) is 39.0 Å². The number of benzene rings is 7. The zero-order valence-corrected chi connectivity index (χ0v) is 34.3. The smallest absolute Gasteiger partial charge is 0.416 e. The average Bonchev–Trinajstić information content (AvgIpc) is 3.26. The van der Waals surface area contributed by atoms with Gasteiger partial charge in [-0.3, -0.25) is 9.44 Å². The molecule has 0 bridgehead atoms. The molecule has 7 rings (SSSR count). The molecule has 0 fully saturated rings. The van der Waals surface area contributed by atoms with Gasteiger partial charge in [0.2, 0.25) is 0 Å². The predicted molar refractivity (Wildman–Crippen MR) is 232 cm³/mol. The fourth-order valence-corrected chi connectivity index (χ4v) is 8.77. The van der Waals surface area contributed by atoms with Crippen molar-refractivity contribution in [1.29, 1.82) is 0 Å². The van der Waals surface area contributed by atoms with Crippen molar-refractivity contribution in [2.75, 3.05) is 9.44 Å². The number of carboxylic acids is 2. The van der Waals surface area contributed by atoms with Crippen molar-refractivity contribution in [2.24, 2.45) is 0 Å². The van der Waals surface area contributed by atoms with E-state index in [0.717, 1.165) is 58.7 Å². The number of hydrogen-bond donors (Lipinski definition) is 4. The third-order valence-corrected chi connectivity index (χ3v) is 12.5. The third kappa shape index (κ3) is 11.9. The minimum Gasteiger partial charge on any atom is -0.478 e. The van der Waals surface area contributed by atoms with Crippen LogP contribution < -0.4 is 9.44 Å². The molecular formula is C47H39F3N2O8S2. The van der Waals surface area contributed by atoms with Crippen LogP contribution in [-0.2, 0) is 51.9 Å². The Balaban J connectivity index is 0.000000207. The van der Waals surface area contributed by atoms with Crippen molar-refractivity contribution in [3.05, 3.63) is 203 Å². The number of aryl methyl sites for hydroxylation is 4. The normalized spacial score (nSPS) is 11.6. The van der Waals surface area contributed by atoms with Gasteiger partial charge in [0.1, 0.15) is 0 Å². The molecule has 7 aromatic rings. The molecule has 0 saturated carbocycles. The van der Waals surface area contributed by atoms with Crippen LogP contribution in [0, 0.1) is 0 Å². The topological polar surface area (TPSA) is 167 Å². The van der Waals surface area contributed by atoms with E-state index in [1.54, 1.807) is 66.7 Å². The first-order valence-corrected chi connectivity index (χ1v) is 22.0. The fraction of sp³-hybridized carbons (Fsp3) is 0.106. The van der Waals surface area contributed by atoms with Crippen molar-refractivity contribution in [3.63, 3.8) is 0 Å². The van der Waals surface area contributed by atoms with Crippen LogP contribution >= 0.6 is 0 Å². The fourth-order valence-electron chi connectivity index (χ4n) is 6.38. The summed E-state index contributed by atoms with van der Waals surface area (Å²) in [6, 6.07) is 43.3. The highest BCUT2D eigenvalue weighted by Crippen LogP contribution is 2.31. The van der Waals surface area contributed by atoms with Gasteiger partial charge in [0.25, 0.3) is 20.0 Å². The molecule has 4 N–H and O–H groups in total. The summed E-state index contributed by atoms with van der Waals surface area (Å²) in [5, 5.41) is 19.4. The van der Waals surface area contributed by atoms with Gasteiger partial charge >= 0.3 is 18.1 Å². The summed E-state index contributed by atoms with van der Waals surface area (Å²) < 4.78 is 94.2. The van der Waals surface area contributed by atoms with Crippen LogP contribution in [0.4, 0.5) is 24.5 Å². The molecular weight excluding hydrogens is 842 g/mol. The van der Waals surface area contributed by atoms with Gasteiger partial charge in [-0.25, -0.2) is 26.4 Å². The summed E-state index contributed by atoms with van der Waals surface area (Å²) >= 11 is 0. The van der Waals surface area contributed by atoms with Crippen LogP contribution in [0.2, 0.25) is 0 Å². The largest absolute Gasteiger partial charge is 0.478 e. The second-order valence-corrected chi connectivity index (χ2v) is 17.4. The van der Waals surface area contributed by atoms with E-state index in [9.17, 15) is 39.6 Å². The van der Waals surface area contributed by atoms with Gasteiger partial charge < -0.3 is 10.2 Å². The lowest BCUT2D eigenvalue weighted by Gasteiger charge is -2.11. The minimum absolute atomic E-state index is 0.209. The molecule has 0 heterocycles. The van der Waals surface area contributed by atoms with Crippen molar-refractivity contribution in [2.45, 2.75) is 41.7 Å². The Hall–Kier alpha value is -6.97. The van der Waals surface area contributed by atoms with Crippen molar-refractivity contribution in [1.82, 2.24) is 0 Å². The van der Waals surface area contributed by atoms with Crippen LogP contribution in [0.3, 0.4) is 0 Å². The van der Waals surface area contributed by atoms with Crippen LogP contribution in [0.5, 0.6) is 0 Å². The van der Waals surface area contributed by atoms with Gasteiger partial charge in [-0.2, -0.15) is 13.2 Å². The van der Waals surface area contributed by atoms with Crippen molar-refractivity contribution in [3.8, 4) is 0 Å². The highest BCUT2D eigenvalue weighted by atomic mass is 32.2. The summed E-state index contributed by atoms with van der Waals surface area (Å²) in [7, 11) is -7.89. The van der Waals surface area contributed by atoms with Gasteiger partial charge in [-0.15, -0.1) is 0 Å². The highest BCUT2D eigenvalue weighted by Gasteiger charge is 2.31. The molecule has 0 aliphatic rings. The maximum atomic E-state index is 12.9. The van der Waals surface area contributed by atoms with Crippen molar-refractivity contribution >= 4 is 54.1 Å². The Morgan fingerprint density at radius 3 is 1.34 bits per heavy atom. The van der Waals surface area contributed by atoms with E-state index in [0.29, 0.717) is 30.0 Å². The maximum absolute atomic E-state index is 12.9. The molecule has 0 radical (unpaired) electrons. The number of alkyl halides is 3. The van der Waals surface area contributed by atoms with E-state index in [1.165, 1.54) is 24.3 Å². The number of rotatable bonds is 14. The molecule has 7 aromatic carbocycles. The van der Waals surface area contributed by atoms with E-state index >= 15 is 0 Å². The van der Waals surface area contributed by atoms with Gasteiger partial charge in [0.05, 0.1) is 26.5 Å². The molecule has 15 heteroatoms. The number of aromatic carboxylic acids is 2. The van der Waals surface area contributed by atoms with E-state index in [4.69, 9.17) is 10.2 Å². The summed E-state index contributed by atoms with van der Waals surface area (Å²) in [4.78, 5) is 21.6. The minimum atomic E-state index is -4.64. The first-order chi connectivity index (χ1) is 29.5. The molecule has 0 aromatic heterocycles. The molecule has 0 aliphatic carbocycles. The standard InChI is InChI=1S/C25H21NO4S.C22H18F3NO4S/c27-25(28)21-14-10-18(11-15-21)8-9-19-12-16-22(17-13-19)26-31(29,30)24-7-3-5-20-4-1-2-6-23(20)24;23-22(24,25)18-2-1-3-20(14-18)31(29,30)26-19-12-8-16(9-13-19)5-4-15-6-10-17(11-7-15)21(27)28/h1-7,10-17,26H,8-9H2,(H,27,28);1-3,6-14,26H,4-5H2,(H,27,28).